The van der Waals surface area contributed by atoms with Crippen molar-refractivity contribution in [3.8, 4) is 17.1 Å². The molecule has 0 aliphatic rings. The van der Waals surface area contributed by atoms with Gasteiger partial charge < -0.3 is 4.90 Å². The molecule has 0 unspecified atom stereocenters. The van der Waals surface area contributed by atoms with E-state index in [0.29, 0.717) is 23.8 Å². The third-order valence-corrected chi connectivity index (χ3v) is 5.18. The summed E-state index contributed by atoms with van der Waals surface area (Å²) < 4.78 is 1.67. The highest BCUT2D eigenvalue weighted by Gasteiger charge is 2.22. The first-order valence-corrected chi connectivity index (χ1v) is 10.7. The quantitative estimate of drug-likeness (QED) is 0.239. The molecule has 33 heavy (non-hydrogen) atoms. The van der Waals surface area contributed by atoms with Crippen LogP contribution in [0.1, 0.15) is 5.56 Å². The normalized spacial score (nSPS) is 10.8. The van der Waals surface area contributed by atoms with Crippen LogP contribution in [0.15, 0.2) is 127 Å². The van der Waals surface area contributed by atoms with Gasteiger partial charge in [-0.05, 0) is 30.3 Å². The van der Waals surface area contributed by atoms with Gasteiger partial charge in [0, 0.05) is 17.8 Å². The minimum atomic E-state index is -0.159. The van der Waals surface area contributed by atoms with E-state index in [2.05, 4.69) is 13.2 Å². The predicted molar refractivity (Wildman–Crippen MR) is 138 cm³/mol. The maximum absolute atomic E-state index is 14.0. The molecule has 4 rings (SSSR count). The third-order valence-electron chi connectivity index (χ3n) is 5.18. The van der Waals surface area contributed by atoms with Crippen LogP contribution in [0.2, 0.25) is 0 Å². The molecule has 0 bridgehead atoms. The lowest BCUT2D eigenvalue weighted by atomic mass is 10.1. The van der Waals surface area contributed by atoms with Crippen LogP contribution in [0.5, 0.6) is 0 Å². The van der Waals surface area contributed by atoms with E-state index in [1.807, 2.05) is 95.9 Å². The Morgan fingerprint density at radius 3 is 2.06 bits per heavy atom. The highest BCUT2D eigenvalue weighted by atomic mass is 16.1. The fourth-order valence-corrected chi connectivity index (χ4v) is 3.69. The number of benzene rings is 3. The van der Waals surface area contributed by atoms with E-state index in [1.54, 1.807) is 28.9 Å². The Morgan fingerprint density at radius 1 is 0.848 bits per heavy atom. The van der Waals surface area contributed by atoms with E-state index in [1.165, 1.54) is 0 Å². The van der Waals surface area contributed by atoms with E-state index < -0.39 is 0 Å². The Kier molecular flexibility index (Phi) is 6.76. The topological polar surface area (TPSA) is 38.1 Å². The lowest BCUT2D eigenvalue weighted by Crippen LogP contribution is -2.29. The van der Waals surface area contributed by atoms with Crippen molar-refractivity contribution < 1.29 is 0 Å². The maximum atomic E-state index is 14.0. The van der Waals surface area contributed by atoms with Gasteiger partial charge in [0.1, 0.15) is 11.6 Å². The van der Waals surface area contributed by atoms with Crippen molar-refractivity contribution in [1.82, 2.24) is 9.55 Å². The second-order valence-electron chi connectivity index (χ2n) is 7.34. The van der Waals surface area contributed by atoms with Crippen LogP contribution in [0, 0.1) is 0 Å². The number of para-hydroxylation sites is 2. The third kappa shape index (κ3) is 4.60. The van der Waals surface area contributed by atoms with Gasteiger partial charge in [-0.2, -0.15) is 0 Å². The molecule has 0 saturated carbocycles. The lowest BCUT2D eigenvalue weighted by molar-refractivity contribution is 0.920. The molecule has 0 aliphatic heterocycles. The average Bonchev–Trinajstić information content (AvgIpc) is 2.88. The van der Waals surface area contributed by atoms with Crippen molar-refractivity contribution in [2.45, 2.75) is 0 Å². The van der Waals surface area contributed by atoms with Gasteiger partial charge in [0.25, 0.3) is 5.56 Å². The Balaban J connectivity index is 2.09. The summed E-state index contributed by atoms with van der Waals surface area (Å²) >= 11 is 0. The largest absolute Gasteiger partial charge is 0.322 e. The number of nitrogens with zero attached hydrogens (tertiary/aromatic N) is 3. The molecule has 4 heteroatoms. The summed E-state index contributed by atoms with van der Waals surface area (Å²) in [4.78, 5) is 21.1. The highest BCUT2D eigenvalue weighted by Crippen LogP contribution is 2.30. The van der Waals surface area contributed by atoms with Gasteiger partial charge in [0.15, 0.2) is 0 Å². The number of aromatic nitrogens is 2. The number of anilines is 2. The van der Waals surface area contributed by atoms with Gasteiger partial charge >= 0.3 is 0 Å². The molecule has 162 valence electrons. The monoisotopic (exact) mass is 431 g/mol. The van der Waals surface area contributed by atoms with Gasteiger partial charge in [-0.15, -0.1) is 6.58 Å². The zero-order chi connectivity index (χ0) is 23.0. The fraction of sp³-hybridized carbons (Fsp3) is 0.0345. The Bertz CT molecular complexity index is 1320. The molecule has 4 aromatic rings. The number of hydrogen-bond acceptors (Lipinski definition) is 3. The molecule has 4 nitrogen and oxygen atoms in total. The van der Waals surface area contributed by atoms with E-state index in [9.17, 15) is 4.79 Å². The van der Waals surface area contributed by atoms with Crippen LogP contribution >= 0.6 is 0 Å². The number of hydrogen-bond donors (Lipinski definition) is 0. The summed E-state index contributed by atoms with van der Waals surface area (Å²) in [5, 5.41) is 0. The minimum absolute atomic E-state index is 0.159. The van der Waals surface area contributed by atoms with Crippen LogP contribution in [0.4, 0.5) is 11.5 Å². The SMILES string of the molecule is C=C/C=C/c1c(N(CC=C)c2ccccc2)nc(-c2ccccc2)n(-c2ccccc2)c1=O. The van der Waals surface area contributed by atoms with Crippen LogP contribution in [0.25, 0.3) is 23.2 Å². The van der Waals surface area contributed by atoms with Gasteiger partial charge in [-0.25, -0.2) is 4.98 Å². The number of rotatable bonds is 8. The zero-order valence-corrected chi connectivity index (χ0v) is 18.3. The predicted octanol–water partition coefficient (Wildman–Crippen LogP) is 6.42. The molecule has 0 fully saturated rings. The molecule has 0 radical (unpaired) electrons. The lowest BCUT2D eigenvalue weighted by Gasteiger charge is -2.26. The van der Waals surface area contributed by atoms with Gasteiger partial charge in [0.05, 0.1) is 11.3 Å². The Labute approximate surface area is 194 Å². The van der Waals surface area contributed by atoms with Crippen molar-refractivity contribution in [2.75, 3.05) is 11.4 Å². The zero-order valence-electron chi connectivity index (χ0n) is 18.3. The molecule has 0 N–H and O–H groups in total. The summed E-state index contributed by atoms with van der Waals surface area (Å²) in [6.45, 7) is 8.19. The first-order chi connectivity index (χ1) is 16.2. The Morgan fingerprint density at radius 2 is 1.45 bits per heavy atom. The smallest absolute Gasteiger partial charge is 0.267 e. The van der Waals surface area contributed by atoms with E-state index >= 15 is 0 Å². The van der Waals surface area contributed by atoms with Crippen molar-refractivity contribution in [2.24, 2.45) is 0 Å². The van der Waals surface area contributed by atoms with Gasteiger partial charge in [-0.3, -0.25) is 9.36 Å². The highest BCUT2D eigenvalue weighted by molar-refractivity contribution is 5.74. The molecule has 0 aliphatic carbocycles. The molecule has 1 heterocycles. The molecule has 3 aromatic carbocycles. The summed E-state index contributed by atoms with van der Waals surface area (Å²) in [5.74, 6) is 1.14. The summed E-state index contributed by atoms with van der Waals surface area (Å²) in [7, 11) is 0. The summed E-state index contributed by atoms with van der Waals surface area (Å²) in [5.41, 5.74) is 2.85. The standard InChI is InChI=1S/C29H25N3O/c1-3-5-21-26-28(31(22-4-2)24-17-11-7-12-18-24)30-27(23-15-9-6-10-16-23)32(29(26)33)25-19-13-8-14-20-25/h3-21H,1-2,22H2/b21-5+. The summed E-state index contributed by atoms with van der Waals surface area (Å²) in [6, 6.07) is 29.2. The van der Waals surface area contributed by atoms with E-state index in [4.69, 9.17) is 4.98 Å². The van der Waals surface area contributed by atoms with Gasteiger partial charge in [-0.1, -0.05) is 91.5 Å². The second kappa shape index (κ2) is 10.2. The molecule has 0 amide bonds. The molecular weight excluding hydrogens is 406 g/mol. The molecule has 1 aromatic heterocycles. The fourth-order valence-electron chi connectivity index (χ4n) is 3.69. The van der Waals surface area contributed by atoms with Crippen molar-refractivity contribution in [3.05, 3.63) is 138 Å². The van der Waals surface area contributed by atoms with Crippen LogP contribution in [0.3, 0.4) is 0 Å². The van der Waals surface area contributed by atoms with E-state index in [0.717, 1.165) is 16.9 Å². The minimum Gasteiger partial charge on any atom is -0.322 e. The van der Waals surface area contributed by atoms with Crippen LogP contribution in [-0.4, -0.2) is 16.1 Å². The number of allylic oxidation sites excluding steroid dienone is 2. The van der Waals surface area contributed by atoms with Crippen molar-refractivity contribution in [3.63, 3.8) is 0 Å². The van der Waals surface area contributed by atoms with Crippen molar-refractivity contribution >= 4 is 17.6 Å². The van der Waals surface area contributed by atoms with Crippen molar-refractivity contribution in [1.29, 1.82) is 0 Å². The molecule has 0 saturated heterocycles. The van der Waals surface area contributed by atoms with E-state index in [-0.39, 0.29) is 5.56 Å². The van der Waals surface area contributed by atoms with Gasteiger partial charge in [0.2, 0.25) is 0 Å². The molecule has 0 atom stereocenters. The second-order valence-corrected chi connectivity index (χ2v) is 7.34. The first kappa shape index (κ1) is 21.8. The van der Waals surface area contributed by atoms with Crippen LogP contribution in [-0.2, 0) is 0 Å². The van der Waals surface area contributed by atoms with Crippen LogP contribution < -0.4 is 10.5 Å². The molecule has 0 spiro atoms. The Hall–Kier alpha value is -4.44. The summed E-state index contributed by atoms with van der Waals surface area (Å²) in [6.07, 6.45) is 6.99. The first-order valence-electron chi connectivity index (χ1n) is 10.7. The molecular formula is C29H25N3O. The maximum Gasteiger partial charge on any atom is 0.267 e. The average molecular weight is 432 g/mol.